The van der Waals surface area contributed by atoms with Gasteiger partial charge in [-0.25, -0.2) is 0 Å². The van der Waals surface area contributed by atoms with Crippen LogP contribution in [-0.4, -0.2) is 10.7 Å². The fraction of sp³-hybridized carbons (Fsp3) is 0.833. The van der Waals surface area contributed by atoms with Gasteiger partial charge in [-0.05, 0) is 37.0 Å². The zero-order valence-electron chi connectivity index (χ0n) is 9.14. The molecule has 1 heteroatoms. The molecule has 1 rings (SSSR count). The molecule has 0 radical (unpaired) electrons. The van der Waals surface area contributed by atoms with Gasteiger partial charge in [0, 0.05) is 0 Å². The molecular formula is C12H22O. The zero-order chi connectivity index (χ0) is 10.1. The van der Waals surface area contributed by atoms with Crippen molar-refractivity contribution < 1.29 is 5.11 Å². The normalized spacial score (nSPS) is 35.8. The molecule has 0 amide bonds. The highest BCUT2D eigenvalue weighted by atomic mass is 16.3. The summed E-state index contributed by atoms with van der Waals surface area (Å²) in [5, 5.41) is 9.95. The van der Waals surface area contributed by atoms with Crippen molar-refractivity contribution in [2.24, 2.45) is 11.3 Å². The summed E-state index contributed by atoms with van der Waals surface area (Å²) in [5.74, 6) is 0.757. The van der Waals surface area contributed by atoms with Crippen LogP contribution in [-0.2, 0) is 0 Å². The first-order valence-electron chi connectivity index (χ1n) is 5.23. The van der Waals surface area contributed by atoms with Crippen molar-refractivity contribution in [1.29, 1.82) is 0 Å². The van der Waals surface area contributed by atoms with Crippen LogP contribution < -0.4 is 0 Å². The molecule has 0 spiro atoms. The van der Waals surface area contributed by atoms with Crippen molar-refractivity contribution in [2.45, 2.75) is 52.1 Å². The third-order valence-corrected chi connectivity index (χ3v) is 3.46. The van der Waals surface area contributed by atoms with Crippen LogP contribution >= 0.6 is 0 Å². The molecule has 0 saturated heterocycles. The van der Waals surface area contributed by atoms with Gasteiger partial charge in [-0.3, -0.25) is 0 Å². The average Bonchev–Trinajstić information content (AvgIpc) is 2.04. The summed E-state index contributed by atoms with van der Waals surface area (Å²) < 4.78 is 0. The molecule has 76 valence electrons. The van der Waals surface area contributed by atoms with Gasteiger partial charge in [0.2, 0.25) is 0 Å². The molecule has 0 aromatic rings. The van der Waals surface area contributed by atoms with Crippen LogP contribution in [0.25, 0.3) is 0 Å². The lowest BCUT2D eigenvalue weighted by atomic mass is 9.68. The maximum absolute atomic E-state index is 9.95. The van der Waals surface area contributed by atoms with E-state index in [0.717, 1.165) is 31.6 Å². The Morgan fingerprint density at radius 3 is 2.08 bits per heavy atom. The van der Waals surface area contributed by atoms with E-state index in [2.05, 4.69) is 27.4 Å². The van der Waals surface area contributed by atoms with E-state index in [1.807, 2.05) is 0 Å². The van der Waals surface area contributed by atoms with Crippen LogP contribution in [0.5, 0.6) is 0 Å². The van der Waals surface area contributed by atoms with Gasteiger partial charge in [-0.2, -0.15) is 0 Å². The fourth-order valence-electron chi connectivity index (χ4n) is 2.19. The summed E-state index contributed by atoms with van der Waals surface area (Å²) in [5.41, 5.74) is -0.176. The van der Waals surface area contributed by atoms with E-state index in [1.54, 1.807) is 6.08 Å². The van der Waals surface area contributed by atoms with Gasteiger partial charge in [-0.15, -0.1) is 6.58 Å². The fourth-order valence-corrected chi connectivity index (χ4v) is 2.19. The Bertz CT molecular complexity index is 180. The van der Waals surface area contributed by atoms with Crippen molar-refractivity contribution in [1.82, 2.24) is 0 Å². The van der Waals surface area contributed by atoms with E-state index in [0.29, 0.717) is 5.41 Å². The lowest BCUT2D eigenvalue weighted by molar-refractivity contribution is 0.0139. The molecule has 0 atom stereocenters. The van der Waals surface area contributed by atoms with Crippen molar-refractivity contribution in [3.8, 4) is 0 Å². The monoisotopic (exact) mass is 182 g/mol. The van der Waals surface area contributed by atoms with Gasteiger partial charge < -0.3 is 5.11 Å². The van der Waals surface area contributed by atoms with Crippen LogP contribution in [0.1, 0.15) is 46.5 Å². The third-order valence-electron chi connectivity index (χ3n) is 3.46. The van der Waals surface area contributed by atoms with Gasteiger partial charge in [0.05, 0.1) is 5.60 Å². The second kappa shape index (κ2) is 3.45. The Morgan fingerprint density at radius 1 is 1.31 bits per heavy atom. The van der Waals surface area contributed by atoms with Crippen LogP contribution in [0.15, 0.2) is 12.7 Å². The van der Waals surface area contributed by atoms with Crippen LogP contribution in [0.3, 0.4) is 0 Å². The molecule has 1 N–H and O–H groups in total. The first kappa shape index (κ1) is 10.8. The van der Waals surface area contributed by atoms with Crippen molar-refractivity contribution in [3.63, 3.8) is 0 Å². The van der Waals surface area contributed by atoms with Crippen molar-refractivity contribution in [3.05, 3.63) is 12.7 Å². The smallest absolute Gasteiger partial charge is 0.0825 e. The highest BCUT2D eigenvalue weighted by Gasteiger charge is 2.35. The molecule has 13 heavy (non-hydrogen) atoms. The predicted molar refractivity (Wildman–Crippen MR) is 56.6 cm³/mol. The highest BCUT2D eigenvalue weighted by molar-refractivity contribution is 4.99. The summed E-state index contributed by atoms with van der Waals surface area (Å²) in [6.07, 6.45) is 5.75. The molecule has 0 heterocycles. The zero-order valence-corrected chi connectivity index (χ0v) is 9.14. The lowest BCUT2D eigenvalue weighted by Gasteiger charge is -2.39. The van der Waals surface area contributed by atoms with Crippen molar-refractivity contribution >= 4 is 0 Å². The largest absolute Gasteiger partial charge is 0.386 e. The first-order valence-corrected chi connectivity index (χ1v) is 5.23. The summed E-state index contributed by atoms with van der Waals surface area (Å²) in [6, 6.07) is 0. The standard InChI is InChI=1S/C12H22O/c1-5-12(13)8-6-10(7-9-12)11(2,3)4/h5,10,13H,1,6-9H2,2-4H3. The van der Waals surface area contributed by atoms with Crippen molar-refractivity contribution in [2.75, 3.05) is 0 Å². The van der Waals surface area contributed by atoms with E-state index < -0.39 is 5.60 Å². The molecule has 0 bridgehead atoms. The Labute approximate surface area is 81.9 Å². The topological polar surface area (TPSA) is 20.2 Å². The summed E-state index contributed by atoms with van der Waals surface area (Å²) in [4.78, 5) is 0. The Balaban J connectivity index is 2.53. The second-order valence-electron chi connectivity index (χ2n) is 5.45. The molecule has 1 nitrogen and oxygen atoms in total. The highest BCUT2D eigenvalue weighted by Crippen LogP contribution is 2.41. The van der Waals surface area contributed by atoms with E-state index in [4.69, 9.17) is 0 Å². The Morgan fingerprint density at radius 2 is 1.77 bits per heavy atom. The van der Waals surface area contributed by atoms with Crippen LogP contribution in [0.4, 0.5) is 0 Å². The number of hydrogen-bond acceptors (Lipinski definition) is 1. The SMILES string of the molecule is C=CC1(O)CCC(C(C)(C)C)CC1. The molecule has 0 unspecified atom stereocenters. The van der Waals surface area contributed by atoms with Gasteiger partial charge in [0.1, 0.15) is 0 Å². The van der Waals surface area contributed by atoms with E-state index in [9.17, 15) is 5.11 Å². The molecule has 1 aliphatic carbocycles. The minimum atomic E-state index is -0.568. The average molecular weight is 182 g/mol. The van der Waals surface area contributed by atoms with Crippen LogP contribution in [0, 0.1) is 11.3 Å². The second-order valence-corrected chi connectivity index (χ2v) is 5.45. The minimum absolute atomic E-state index is 0.391. The van der Waals surface area contributed by atoms with Crippen LogP contribution in [0.2, 0.25) is 0 Å². The summed E-state index contributed by atoms with van der Waals surface area (Å²) >= 11 is 0. The maximum atomic E-state index is 9.95. The molecule has 1 saturated carbocycles. The van der Waals surface area contributed by atoms with E-state index >= 15 is 0 Å². The summed E-state index contributed by atoms with van der Waals surface area (Å²) in [6.45, 7) is 10.6. The molecule has 0 aliphatic heterocycles. The minimum Gasteiger partial charge on any atom is -0.386 e. The molecule has 0 aromatic carbocycles. The van der Waals surface area contributed by atoms with Gasteiger partial charge in [0.15, 0.2) is 0 Å². The predicted octanol–water partition coefficient (Wildman–Crippen LogP) is 3.14. The Kier molecular flexibility index (Phi) is 2.86. The third kappa shape index (κ3) is 2.57. The van der Waals surface area contributed by atoms with E-state index in [-0.39, 0.29) is 0 Å². The molecule has 1 aliphatic rings. The quantitative estimate of drug-likeness (QED) is 0.618. The lowest BCUT2D eigenvalue weighted by Crippen LogP contribution is -2.35. The van der Waals surface area contributed by atoms with Gasteiger partial charge in [-0.1, -0.05) is 26.8 Å². The Hall–Kier alpha value is -0.300. The number of aliphatic hydroxyl groups is 1. The van der Waals surface area contributed by atoms with Gasteiger partial charge >= 0.3 is 0 Å². The molecule has 0 aromatic heterocycles. The number of hydrogen-bond donors (Lipinski definition) is 1. The number of rotatable bonds is 1. The molecular weight excluding hydrogens is 160 g/mol. The maximum Gasteiger partial charge on any atom is 0.0825 e. The van der Waals surface area contributed by atoms with Gasteiger partial charge in [0.25, 0.3) is 0 Å². The summed E-state index contributed by atoms with van der Waals surface area (Å²) in [7, 11) is 0. The molecule has 1 fully saturated rings. The first-order chi connectivity index (χ1) is 5.87. The van der Waals surface area contributed by atoms with E-state index in [1.165, 1.54) is 0 Å².